The van der Waals surface area contributed by atoms with Gasteiger partial charge in [0.25, 0.3) is 5.56 Å². The van der Waals surface area contributed by atoms with Crippen molar-refractivity contribution in [3.8, 4) is 28.0 Å². The summed E-state index contributed by atoms with van der Waals surface area (Å²) in [4.78, 5) is 15.3. The molecule has 4 rings (SSSR count). The zero-order valence-electron chi connectivity index (χ0n) is 12.9. The highest BCUT2D eigenvalue weighted by molar-refractivity contribution is 5.94. The topological polar surface area (TPSA) is 53.1 Å². The minimum absolute atomic E-state index is 0.0118. The molecule has 0 unspecified atom stereocenters. The summed E-state index contributed by atoms with van der Waals surface area (Å²) in [5, 5.41) is 11.4. The third kappa shape index (κ3) is 2.36. The van der Waals surface area contributed by atoms with Gasteiger partial charge in [0.15, 0.2) is 0 Å². The van der Waals surface area contributed by atoms with Gasteiger partial charge in [0.1, 0.15) is 5.75 Å². The van der Waals surface area contributed by atoms with Crippen molar-refractivity contribution < 1.29 is 5.11 Å². The number of fused-ring (bicyclic) bond motifs is 1. The Morgan fingerprint density at radius 3 is 2.00 bits per heavy atom. The summed E-state index contributed by atoms with van der Waals surface area (Å²) in [5.74, 6) is 0.0118. The Labute approximate surface area is 138 Å². The van der Waals surface area contributed by atoms with E-state index < -0.39 is 0 Å². The number of nitrogens with one attached hydrogen (secondary N) is 1. The lowest BCUT2D eigenvalue weighted by Gasteiger charge is -2.09. The van der Waals surface area contributed by atoms with Crippen LogP contribution in [0.1, 0.15) is 0 Å². The van der Waals surface area contributed by atoms with Crippen LogP contribution in [0.25, 0.3) is 33.2 Å². The Kier molecular flexibility index (Phi) is 3.39. The second kappa shape index (κ2) is 5.70. The average molecular weight is 313 g/mol. The highest BCUT2D eigenvalue weighted by atomic mass is 16.3. The standard InChI is InChI=1S/C21H15NO2/c23-20-17-13-16(14-7-3-1-4-8-14)11-12-18(17)22-21(24)19(20)15-9-5-2-6-10-15/h1-13H,(H2,22,23,24). The van der Waals surface area contributed by atoms with E-state index in [-0.39, 0.29) is 11.3 Å². The molecule has 3 aromatic carbocycles. The Bertz CT molecular complexity index is 1070. The summed E-state index contributed by atoms with van der Waals surface area (Å²) in [6.45, 7) is 0. The van der Waals surface area contributed by atoms with Crippen molar-refractivity contribution in [3.05, 3.63) is 89.2 Å². The lowest BCUT2D eigenvalue weighted by molar-refractivity contribution is 0.482. The third-order valence-corrected chi connectivity index (χ3v) is 4.16. The van der Waals surface area contributed by atoms with E-state index in [4.69, 9.17) is 0 Å². The van der Waals surface area contributed by atoms with Crippen molar-refractivity contribution in [1.82, 2.24) is 4.98 Å². The zero-order chi connectivity index (χ0) is 16.5. The Morgan fingerprint density at radius 2 is 1.33 bits per heavy atom. The maximum Gasteiger partial charge on any atom is 0.260 e. The van der Waals surface area contributed by atoms with Gasteiger partial charge in [0.05, 0.1) is 11.1 Å². The molecule has 24 heavy (non-hydrogen) atoms. The molecule has 0 atom stereocenters. The maximum absolute atomic E-state index is 12.4. The Morgan fingerprint density at radius 1 is 0.708 bits per heavy atom. The van der Waals surface area contributed by atoms with E-state index in [9.17, 15) is 9.90 Å². The van der Waals surface area contributed by atoms with Crippen LogP contribution >= 0.6 is 0 Å². The van der Waals surface area contributed by atoms with E-state index in [2.05, 4.69) is 4.98 Å². The molecule has 1 aromatic heterocycles. The summed E-state index contributed by atoms with van der Waals surface area (Å²) in [6, 6.07) is 24.8. The Balaban J connectivity index is 1.99. The van der Waals surface area contributed by atoms with Crippen LogP contribution in [-0.2, 0) is 0 Å². The molecule has 1 heterocycles. The van der Waals surface area contributed by atoms with Gasteiger partial charge in [0.2, 0.25) is 0 Å². The van der Waals surface area contributed by atoms with Gasteiger partial charge in [-0.2, -0.15) is 0 Å². The molecule has 0 radical (unpaired) electrons. The predicted octanol–water partition coefficient (Wildman–Crippen LogP) is 4.57. The molecule has 4 aromatic rings. The molecule has 0 bridgehead atoms. The smallest absolute Gasteiger partial charge is 0.260 e. The van der Waals surface area contributed by atoms with E-state index in [0.717, 1.165) is 11.1 Å². The number of pyridine rings is 1. The molecule has 116 valence electrons. The van der Waals surface area contributed by atoms with E-state index in [0.29, 0.717) is 22.0 Å². The summed E-state index contributed by atoms with van der Waals surface area (Å²) < 4.78 is 0. The number of aromatic nitrogens is 1. The summed E-state index contributed by atoms with van der Waals surface area (Å²) in [5.41, 5.74) is 3.38. The van der Waals surface area contributed by atoms with Crippen LogP contribution in [0.15, 0.2) is 83.7 Å². The molecule has 0 aliphatic carbocycles. The van der Waals surface area contributed by atoms with Gasteiger partial charge < -0.3 is 10.1 Å². The van der Waals surface area contributed by atoms with Crippen LogP contribution in [0.5, 0.6) is 5.75 Å². The molecule has 0 aliphatic rings. The first kappa shape index (κ1) is 14.3. The van der Waals surface area contributed by atoms with E-state index >= 15 is 0 Å². The Hall–Kier alpha value is -3.33. The maximum atomic E-state index is 12.4. The minimum atomic E-state index is -0.293. The molecular weight excluding hydrogens is 298 g/mol. The molecule has 3 nitrogen and oxygen atoms in total. The number of benzene rings is 3. The minimum Gasteiger partial charge on any atom is -0.506 e. The number of hydrogen-bond donors (Lipinski definition) is 2. The van der Waals surface area contributed by atoms with Gasteiger partial charge in [-0.3, -0.25) is 4.79 Å². The molecule has 0 spiro atoms. The summed E-state index contributed by atoms with van der Waals surface area (Å²) in [6.07, 6.45) is 0. The normalized spacial score (nSPS) is 10.8. The van der Waals surface area contributed by atoms with E-state index in [1.165, 1.54) is 0 Å². The lowest BCUT2D eigenvalue weighted by atomic mass is 9.99. The molecule has 0 fully saturated rings. The number of rotatable bonds is 2. The van der Waals surface area contributed by atoms with Crippen molar-refractivity contribution in [2.75, 3.05) is 0 Å². The van der Waals surface area contributed by atoms with Gasteiger partial charge in [-0.05, 0) is 28.8 Å². The van der Waals surface area contributed by atoms with E-state index in [1.807, 2.05) is 78.9 Å². The van der Waals surface area contributed by atoms with Crippen molar-refractivity contribution in [2.24, 2.45) is 0 Å². The fraction of sp³-hybridized carbons (Fsp3) is 0. The molecule has 0 aliphatic heterocycles. The highest BCUT2D eigenvalue weighted by Crippen LogP contribution is 2.34. The quantitative estimate of drug-likeness (QED) is 0.569. The molecule has 0 amide bonds. The first-order chi connectivity index (χ1) is 11.7. The van der Waals surface area contributed by atoms with Gasteiger partial charge in [0, 0.05) is 5.39 Å². The van der Waals surface area contributed by atoms with Gasteiger partial charge in [-0.1, -0.05) is 66.7 Å². The fourth-order valence-electron chi connectivity index (χ4n) is 2.96. The third-order valence-electron chi connectivity index (χ3n) is 4.16. The molecule has 0 saturated carbocycles. The van der Waals surface area contributed by atoms with Crippen molar-refractivity contribution in [2.45, 2.75) is 0 Å². The van der Waals surface area contributed by atoms with E-state index in [1.54, 1.807) is 0 Å². The number of hydrogen-bond acceptors (Lipinski definition) is 2. The van der Waals surface area contributed by atoms with Gasteiger partial charge in [-0.25, -0.2) is 0 Å². The van der Waals surface area contributed by atoms with Crippen LogP contribution in [0.3, 0.4) is 0 Å². The monoisotopic (exact) mass is 313 g/mol. The van der Waals surface area contributed by atoms with Crippen LogP contribution < -0.4 is 5.56 Å². The van der Waals surface area contributed by atoms with Crippen molar-refractivity contribution in [3.63, 3.8) is 0 Å². The second-order valence-corrected chi connectivity index (χ2v) is 5.67. The summed E-state index contributed by atoms with van der Waals surface area (Å²) in [7, 11) is 0. The van der Waals surface area contributed by atoms with Crippen LogP contribution in [0, 0.1) is 0 Å². The van der Waals surface area contributed by atoms with Crippen molar-refractivity contribution in [1.29, 1.82) is 0 Å². The number of H-pyrrole nitrogens is 1. The molecular formula is C21H15NO2. The molecule has 0 saturated heterocycles. The van der Waals surface area contributed by atoms with Gasteiger partial charge >= 0.3 is 0 Å². The predicted molar refractivity (Wildman–Crippen MR) is 97.1 cm³/mol. The SMILES string of the molecule is O=c1[nH]c2ccc(-c3ccccc3)cc2c(O)c1-c1ccccc1. The lowest BCUT2D eigenvalue weighted by Crippen LogP contribution is -2.09. The zero-order valence-corrected chi connectivity index (χ0v) is 12.9. The number of aromatic hydroxyl groups is 1. The molecule has 3 heteroatoms. The van der Waals surface area contributed by atoms with Crippen LogP contribution in [0.2, 0.25) is 0 Å². The van der Waals surface area contributed by atoms with Crippen LogP contribution in [-0.4, -0.2) is 10.1 Å². The summed E-state index contributed by atoms with van der Waals surface area (Å²) >= 11 is 0. The first-order valence-corrected chi connectivity index (χ1v) is 7.74. The average Bonchev–Trinajstić information content (AvgIpc) is 2.63. The highest BCUT2D eigenvalue weighted by Gasteiger charge is 2.14. The first-order valence-electron chi connectivity index (χ1n) is 7.74. The van der Waals surface area contributed by atoms with Crippen LogP contribution in [0.4, 0.5) is 0 Å². The fourth-order valence-corrected chi connectivity index (χ4v) is 2.96. The molecule has 2 N–H and O–H groups in total. The van der Waals surface area contributed by atoms with Crippen molar-refractivity contribution >= 4 is 10.9 Å². The van der Waals surface area contributed by atoms with Gasteiger partial charge in [-0.15, -0.1) is 0 Å². The largest absolute Gasteiger partial charge is 0.506 e. The number of aromatic amines is 1. The second-order valence-electron chi connectivity index (χ2n) is 5.67.